The highest BCUT2D eigenvalue weighted by Gasteiger charge is 2.20. The second-order valence-electron chi connectivity index (χ2n) is 3.40. The van der Waals surface area contributed by atoms with E-state index in [4.69, 9.17) is 28.3 Å². The van der Waals surface area contributed by atoms with Gasteiger partial charge in [0.05, 0.1) is 22.7 Å². The summed E-state index contributed by atoms with van der Waals surface area (Å²) in [6.07, 6.45) is -0.775. The molecule has 8 heteroatoms. The van der Waals surface area contributed by atoms with Crippen molar-refractivity contribution >= 4 is 66.7 Å². The van der Waals surface area contributed by atoms with Gasteiger partial charge in [-0.2, -0.15) is 0 Å². The van der Waals surface area contributed by atoms with E-state index in [1.54, 1.807) is 6.07 Å². The Labute approximate surface area is 131 Å². The number of anilines is 1. The van der Waals surface area contributed by atoms with Crippen molar-refractivity contribution in [1.29, 1.82) is 0 Å². The topological polar surface area (TPSA) is 69.6 Å². The molecule has 0 radical (unpaired) electrons. The molecule has 0 bridgehead atoms. The van der Waals surface area contributed by atoms with Crippen LogP contribution in [0, 0.1) is 0 Å². The minimum Gasteiger partial charge on any atom is -0.478 e. The molecule has 0 fully saturated rings. The molecular formula is C10H9Br2Cl2NO3. The zero-order valence-electron chi connectivity index (χ0n) is 8.88. The van der Waals surface area contributed by atoms with Gasteiger partial charge in [-0.1, -0.05) is 11.6 Å². The van der Waals surface area contributed by atoms with Crippen LogP contribution in [0.25, 0.3) is 0 Å². The molecule has 100 valence electrons. The lowest BCUT2D eigenvalue weighted by molar-refractivity contribution is 0.0698. The summed E-state index contributed by atoms with van der Waals surface area (Å²) in [6.45, 7) is 0.125. The Hall–Kier alpha value is -0.0100. The summed E-state index contributed by atoms with van der Waals surface area (Å²) in [4.78, 5) is 11.2. The number of hydrogen-bond acceptors (Lipinski definition) is 3. The van der Waals surface area contributed by atoms with Crippen LogP contribution in [0.15, 0.2) is 15.0 Å². The molecule has 1 atom stereocenters. The number of carbonyl (C=O) groups is 1. The fraction of sp³-hybridized carbons (Fsp3) is 0.300. The van der Waals surface area contributed by atoms with Crippen molar-refractivity contribution in [2.75, 3.05) is 17.7 Å². The molecule has 1 aromatic carbocycles. The molecule has 0 heterocycles. The van der Waals surface area contributed by atoms with E-state index in [0.717, 1.165) is 0 Å². The number of aliphatic hydroxyl groups excluding tert-OH is 1. The van der Waals surface area contributed by atoms with Crippen molar-refractivity contribution in [1.82, 2.24) is 0 Å². The first kappa shape index (κ1) is 16.0. The third-order valence-corrected chi connectivity index (χ3v) is 4.31. The van der Waals surface area contributed by atoms with E-state index in [1.165, 1.54) is 0 Å². The third-order valence-electron chi connectivity index (χ3n) is 2.08. The first-order valence-corrected chi connectivity index (χ1v) is 7.27. The second kappa shape index (κ2) is 6.96. The predicted molar refractivity (Wildman–Crippen MR) is 79.0 cm³/mol. The molecule has 0 saturated heterocycles. The number of nitrogens with one attached hydrogen (secondary N) is 1. The van der Waals surface area contributed by atoms with Gasteiger partial charge in [-0.15, -0.1) is 11.6 Å². The zero-order chi connectivity index (χ0) is 13.9. The number of aromatic carboxylic acids is 1. The van der Waals surface area contributed by atoms with Crippen LogP contribution in [0.5, 0.6) is 0 Å². The molecule has 0 amide bonds. The van der Waals surface area contributed by atoms with Crippen molar-refractivity contribution in [3.63, 3.8) is 0 Å². The van der Waals surface area contributed by atoms with E-state index in [9.17, 15) is 9.90 Å². The molecule has 1 unspecified atom stereocenters. The molecule has 0 aromatic heterocycles. The lowest BCUT2D eigenvalue weighted by atomic mass is 10.1. The molecule has 0 aliphatic heterocycles. The predicted octanol–water partition coefficient (Wildman–Crippen LogP) is 3.57. The van der Waals surface area contributed by atoms with Gasteiger partial charge in [-0.3, -0.25) is 0 Å². The average molecular weight is 422 g/mol. The van der Waals surface area contributed by atoms with E-state index in [2.05, 4.69) is 37.2 Å². The highest BCUT2D eigenvalue weighted by atomic mass is 79.9. The van der Waals surface area contributed by atoms with Gasteiger partial charge < -0.3 is 15.5 Å². The molecule has 0 aliphatic carbocycles. The van der Waals surface area contributed by atoms with Crippen LogP contribution >= 0.6 is 55.1 Å². The van der Waals surface area contributed by atoms with E-state index >= 15 is 0 Å². The van der Waals surface area contributed by atoms with Crippen molar-refractivity contribution in [2.24, 2.45) is 0 Å². The zero-order valence-corrected chi connectivity index (χ0v) is 13.6. The maximum atomic E-state index is 11.2. The quantitative estimate of drug-likeness (QED) is 0.502. The summed E-state index contributed by atoms with van der Waals surface area (Å²) in [5.74, 6) is -1.11. The Balaban J connectivity index is 3.16. The summed E-state index contributed by atoms with van der Waals surface area (Å²) in [7, 11) is 0. The summed E-state index contributed by atoms with van der Waals surface area (Å²) in [5, 5.41) is 21.4. The van der Waals surface area contributed by atoms with Crippen molar-refractivity contribution in [3.05, 3.63) is 25.6 Å². The highest BCUT2D eigenvalue weighted by Crippen LogP contribution is 2.37. The Kier molecular flexibility index (Phi) is 6.20. The Morgan fingerprint density at radius 3 is 2.56 bits per heavy atom. The normalized spacial score (nSPS) is 12.3. The monoisotopic (exact) mass is 419 g/mol. The maximum Gasteiger partial charge on any atom is 0.339 e. The van der Waals surface area contributed by atoms with Crippen LogP contribution < -0.4 is 5.32 Å². The van der Waals surface area contributed by atoms with Crippen LogP contribution in [-0.2, 0) is 0 Å². The van der Waals surface area contributed by atoms with Crippen LogP contribution in [0.3, 0.4) is 0 Å². The first-order valence-electron chi connectivity index (χ1n) is 4.77. The fourth-order valence-corrected chi connectivity index (χ4v) is 2.88. The molecule has 0 saturated carbocycles. The smallest absolute Gasteiger partial charge is 0.339 e. The summed E-state index contributed by atoms with van der Waals surface area (Å²) < 4.78 is 0.995. The van der Waals surface area contributed by atoms with Crippen LogP contribution in [0.4, 0.5) is 5.69 Å². The Morgan fingerprint density at radius 2 is 2.06 bits per heavy atom. The molecule has 1 aromatic rings. The van der Waals surface area contributed by atoms with E-state index < -0.39 is 12.1 Å². The van der Waals surface area contributed by atoms with Gasteiger partial charge in [-0.05, 0) is 37.9 Å². The molecule has 18 heavy (non-hydrogen) atoms. The van der Waals surface area contributed by atoms with Crippen LogP contribution in [0.2, 0.25) is 5.02 Å². The number of benzene rings is 1. The molecular weight excluding hydrogens is 413 g/mol. The van der Waals surface area contributed by atoms with Gasteiger partial charge >= 0.3 is 5.97 Å². The highest BCUT2D eigenvalue weighted by molar-refractivity contribution is 9.11. The maximum absolute atomic E-state index is 11.2. The Bertz CT molecular complexity index is 471. The largest absolute Gasteiger partial charge is 0.478 e. The Morgan fingerprint density at radius 1 is 1.44 bits per heavy atom. The number of carboxylic acids is 1. The number of hydrogen-bond donors (Lipinski definition) is 3. The number of aliphatic hydroxyl groups is 1. The number of carboxylic acid groups (broad SMARTS) is 1. The molecule has 0 aliphatic rings. The van der Waals surface area contributed by atoms with Gasteiger partial charge in [0.25, 0.3) is 0 Å². The lowest BCUT2D eigenvalue weighted by Crippen LogP contribution is -2.22. The summed E-state index contributed by atoms with van der Waals surface area (Å²) in [5.41, 5.74) is 0.236. The van der Waals surface area contributed by atoms with Crippen molar-refractivity contribution < 1.29 is 15.0 Å². The average Bonchev–Trinajstić information content (AvgIpc) is 2.30. The second-order valence-corrected chi connectivity index (χ2v) is 5.79. The van der Waals surface area contributed by atoms with Gasteiger partial charge in [0.1, 0.15) is 5.56 Å². The van der Waals surface area contributed by atoms with E-state index in [-0.39, 0.29) is 23.0 Å². The van der Waals surface area contributed by atoms with Crippen LogP contribution in [0.1, 0.15) is 10.4 Å². The van der Waals surface area contributed by atoms with Gasteiger partial charge in [0.15, 0.2) is 0 Å². The molecule has 1 rings (SSSR count). The SMILES string of the molecule is O=C(O)c1c(Cl)c(Br)cc(Br)c1NCC(O)CCl. The number of alkyl halides is 1. The van der Waals surface area contributed by atoms with E-state index in [0.29, 0.717) is 14.6 Å². The molecule has 4 nitrogen and oxygen atoms in total. The standard InChI is InChI=1S/C10H9Br2Cl2NO3/c11-5-1-6(12)9(15-3-4(16)2-13)7(8(5)14)10(17)18/h1,4,15-16H,2-3H2,(H,17,18). The van der Waals surface area contributed by atoms with Gasteiger partial charge in [0, 0.05) is 15.5 Å². The molecule has 3 N–H and O–H groups in total. The third kappa shape index (κ3) is 3.74. The molecule has 0 spiro atoms. The van der Waals surface area contributed by atoms with Crippen molar-refractivity contribution in [2.45, 2.75) is 6.10 Å². The van der Waals surface area contributed by atoms with Crippen molar-refractivity contribution in [3.8, 4) is 0 Å². The fourth-order valence-electron chi connectivity index (χ4n) is 1.24. The first-order chi connectivity index (χ1) is 8.38. The van der Waals surface area contributed by atoms with Crippen LogP contribution in [-0.4, -0.2) is 34.7 Å². The van der Waals surface area contributed by atoms with Gasteiger partial charge in [0.2, 0.25) is 0 Å². The summed E-state index contributed by atoms with van der Waals surface area (Å²) in [6, 6.07) is 1.63. The van der Waals surface area contributed by atoms with Gasteiger partial charge in [-0.25, -0.2) is 4.79 Å². The number of rotatable bonds is 5. The minimum atomic E-state index is -1.16. The number of halogens is 4. The minimum absolute atomic E-state index is 0.0529. The summed E-state index contributed by atoms with van der Waals surface area (Å²) >= 11 is 17.8. The lowest BCUT2D eigenvalue weighted by Gasteiger charge is -2.15. The van der Waals surface area contributed by atoms with E-state index in [1.807, 2.05) is 0 Å².